The Kier molecular flexibility index (Phi) is 3.91. The molecular formula is C17H22N2. The van der Waals surface area contributed by atoms with Crippen LogP contribution in [-0.2, 0) is 0 Å². The van der Waals surface area contributed by atoms with Crippen molar-refractivity contribution in [2.24, 2.45) is 5.73 Å². The summed E-state index contributed by atoms with van der Waals surface area (Å²) in [5, 5.41) is 0. The highest BCUT2D eigenvalue weighted by Crippen LogP contribution is 2.31. The zero-order valence-corrected chi connectivity index (χ0v) is 12.1. The first kappa shape index (κ1) is 13.6. The van der Waals surface area contributed by atoms with Gasteiger partial charge in [-0.3, -0.25) is 0 Å². The van der Waals surface area contributed by atoms with Gasteiger partial charge < -0.3 is 10.6 Å². The summed E-state index contributed by atoms with van der Waals surface area (Å²) >= 11 is 0. The van der Waals surface area contributed by atoms with Gasteiger partial charge >= 0.3 is 0 Å². The molecular weight excluding hydrogens is 232 g/mol. The van der Waals surface area contributed by atoms with Gasteiger partial charge in [0.15, 0.2) is 0 Å². The fourth-order valence-corrected chi connectivity index (χ4v) is 2.49. The van der Waals surface area contributed by atoms with E-state index < -0.39 is 0 Å². The molecule has 0 aliphatic heterocycles. The topological polar surface area (TPSA) is 29.3 Å². The zero-order chi connectivity index (χ0) is 14.0. The molecule has 2 aromatic rings. The van der Waals surface area contributed by atoms with Crippen molar-refractivity contribution in [2.75, 3.05) is 11.9 Å². The first-order chi connectivity index (χ1) is 9.00. The quantitative estimate of drug-likeness (QED) is 0.893. The van der Waals surface area contributed by atoms with Crippen molar-refractivity contribution in [3.8, 4) is 0 Å². The molecule has 2 aromatic carbocycles. The number of nitrogens with two attached hydrogens (primary N) is 1. The van der Waals surface area contributed by atoms with Crippen molar-refractivity contribution < 1.29 is 0 Å². The average Bonchev–Trinajstić information content (AvgIpc) is 2.38. The molecule has 2 N–H and O–H groups in total. The van der Waals surface area contributed by atoms with Gasteiger partial charge in [0, 0.05) is 24.5 Å². The second kappa shape index (κ2) is 5.45. The maximum absolute atomic E-state index is 6.07. The van der Waals surface area contributed by atoms with E-state index in [-0.39, 0.29) is 6.04 Å². The van der Waals surface area contributed by atoms with E-state index in [2.05, 4.69) is 62.2 Å². The van der Waals surface area contributed by atoms with Crippen LogP contribution in [-0.4, -0.2) is 7.05 Å². The fraction of sp³-hybridized carbons (Fsp3) is 0.294. The Bertz CT molecular complexity index is 573. The molecule has 0 radical (unpaired) electrons. The van der Waals surface area contributed by atoms with Crippen molar-refractivity contribution in [2.45, 2.75) is 26.8 Å². The summed E-state index contributed by atoms with van der Waals surface area (Å²) in [7, 11) is 2.10. The molecule has 0 aliphatic rings. The van der Waals surface area contributed by atoms with Gasteiger partial charge in [0.2, 0.25) is 0 Å². The highest BCUT2D eigenvalue weighted by Gasteiger charge is 2.12. The Morgan fingerprint density at radius 1 is 1.00 bits per heavy atom. The van der Waals surface area contributed by atoms with Gasteiger partial charge in [0.1, 0.15) is 0 Å². The van der Waals surface area contributed by atoms with E-state index in [0.717, 1.165) is 0 Å². The molecule has 0 spiro atoms. The third-order valence-electron chi connectivity index (χ3n) is 3.50. The summed E-state index contributed by atoms with van der Waals surface area (Å²) in [4.78, 5) is 2.22. The van der Waals surface area contributed by atoms with Gasteiger partial charge in [-0.05, 0) is 44.0 Å². The molecule has 0 aromatic heterocycles. The van der Waals surface area contributed by atoms with Crippen LogP contribution in [0.1, 0.15) is 29.7 Å². The summed E-state index contributed by atoms with van der Waals surface area (Å²) in [5.41, 5.74) is 12.2. The molecule has 0 aliphatic carbocycles. The van der Waals surface area contributed by atoms with Crippen LogP contribution in [0.5, 0.6) is 0 Å². The van der Waals surface area contributed by atoms with Crippen LogP contribution in [0.15, 0.2) is 42.5 Å². The minimum absolute atomic E-state index is 0.0319. The number of rotatable bonds is 3. The number of hydrogen-bond acceptors (Lipinski definition) is 2. The molecule has 0 bridgehead atoms. The number of para-hydroxylation sites is 1. The minimum Gasteiger partial charge on any atom is -0.344 e. The highest BCUT2D eigenvalue weighted by molar-refractivity contribution is 5.69. The zero-order valence-electron chi connectivity index (χ0n) is 12.1. The van der Waals surface area contributed by atoms with Crippen molar-refractivity contribution in [1.82, 2.24) is 0 Å². The van der Waals surface area contributed by atoms with E-state index in [1.807, 2.05) is 13.0 Å². The molecule has 0 saturated heterocycles. The lowest BCUT2D eigenvalue weighted by molar-refractivity contribution is 0.815. The van der Waals surface area contributed by atoms with E-state index >= 15 is 0 Å². The fourth-order valence-electron chi connectivity index (χ4n) is 2.49. The third-order valence-corrected chi connectivity index (χ3v) is 3.50. The normalized spacial score (nSPS) is 12.3. The van der Waals surface area contributed by atoms with Crippen LogP contribution in [0.25, 0.3) is 0 Å². The van der Waals surface area contributed by atoms with Crippen LogP contribution in [0.3, 0.4) is 0 Å². The maximum atomic E-state index is 6.07. The molecule has 0 fully saturated rings. The van der Waals surface area contributed by atoms with Crippen LogP contribution >= 0.6 is 0 Å². The second-order valence-corrected chi connectivity index (χ2v) is 5.20. The van der Waals surface area contributed by atoms with Crippen LogP contribution < -0.4 is 10.6 Å². The van der Waals surface area contributed by atoms with Gasteiger partial charge in [-0.1, -0.05) is 35.9 Å². The second-order valence-electron chi connectivity index (χ2n) is 5.20. The molecule has 100 valence electrons. The van der Waals surface area contributed by atoms with Gasteiger partial charge in [-0.25, -0.2) is 0 Å². The number of anilines is 2. The van der Waals surface area contributed by atoms with E-state index in [4.69, 9.17) is 5.73 Å². The van der Waals surface area contributed by atoms with Crippen molar-refractivity contribution >= 4 is 11.4 Å². The summed E-state index contributed by atoms with van der Waals surface area (Å²) in [6.07, 6.45) is 0. The van der Waals surface area contributed by atoms with Gasteiger partial charge in [-0.2, -0.15) is 0 Å². The first-order valence-corrected chi connectivity index (χ1v) is 6.66. The standard InChI is InChI=1S/C17H22N2/c1-12-9-10-16(13(2)11-12)19(4)17-8-6-5-7-15(17)14(3)18/h5-11,14H,18H2,1-4H3/t14-/m1/s1. The number of benzene rings is 2. The average molecular weight is 254 g/mol. The monoisotopic (exact) mass is 254 g/mol. The molecule has 0 saturated carbocycles. The molecule has 2 rings (SSSR count). The Balaban J connectivity index is 2.47. The lowest BCUT2D eigenvalue weighted by Gasteiger charge is -2.25. The van der Waals surface area contributed by atoms with Crippen LogP contribution in [0, 0.1) is 13.8 Å². The summed E-state index contributed by atoms with van der Waals surface area (Å²) < 4.78 is 0. The molecule has 19 heavy (non-hydrogen) atoms. The largest absolute Gasteiger partial charge is 0.344 e. The first-order valence-electron chi connectivity index (χ1n) is 6.66. The number of aryl methyl sites for hydroxylation is 2. The third kappa shape index (κ3) is 2.79. The molecule has 2 nitrogen and oxygen atoms in total. The predicted octanol–water partition coefficient (Wildman–Crippen LogP) is 4.09. The molecule has 0 amide bonds. The Morgan fingerprint density at radius 3 is 2.32 bits per heavy atom. The van der Waals surface area contributed by atoms with Gasteiger partial charge in [-0.15, -0.1) is 0 Å². The molecule has 2 heteroatoms. The predicted molar refractivity (Wildman–Crippen MR) is 83.0 cm³/mol. The Hall–Kier alpha value is -1.80. The summed E-state index contributed by atoms with van der Waals surface area (Å²) in [6, 6.07) is 14.9. The Labute approximate surface area is 115 Å². The number of nitrogens with zero attached hydrogens (tertiary/aromatic N) is 1. The lowest BCUT2D eigenvalue weighted by atomic mass is 10.0. The summed E-state index contributed by atoms with van der Waals surface area (Å²) in [5.74, 6) is 0. The van der Waals surface area contributed by atoms with Crippen molar-refractivity contribution in [3.63, 3.8) is 0 Å². The smallest absolute Gasteiger partial charge is 0.0456 e. The highest BCUT2D eigenvalue weighted by atomic mass is 15.1. The van der Waals surface area contributed by atoms with Crippen LogP contribution in [0.4, 0.5) is 11.4 Å². The van der Waals surface area contributed by atoms with E-state index in [1.54, 1.807) is 0 Å². The van der Waals surface area contributed by atoms with Gasteiger partial charge in [0.25, 0.3) is 0 Å². The Morgan fingerprint density at radius 2 is 1.68 bits per heavy atom. The van der Waals surface area contributed by atoms with Crippen LogP contribution in [0.2, 0.25) is 0 Å². The van der Waals surface area contributed by atoms with Gasteiger partial charge in [0.05, 0.1) is 0 Å². The lowest BCUT2D eigenvalue weighted by Crippen LogP contribution is -2.16. The van der Waals surface area contributed by atoms with Crippen molar-refractivity contribution in [3.05, 3.63) is 59.2 Å². The summed E-state index contributed by atoms with van der Waals surface area (Å²) in [6.45, 7) is 6.29. The van der Waals surface area contributed by atoms with E-state index in [0.29, 0.717) is 0 Å². The van der Waals surface area contributed by atoms with E-state index in [9.17, 15) is 0 Å². The SMILES string of the molecule is Cc1ccc(N(C)c2ccccc2[C@@H](C)N)c(C)c1. The van der Waals surface area contributed by atoms with Crippen molar-refractivity contribution in [1.29, 1.82) is 0 Å². The van der Waals surface area contributed by atoms with E-state index in [1.165, 1.54) is 28.1 Å². The maximum Gasteiger partial charge on any atom is 0.0456 e. The molecule has 0 unspecified atom stereocenters. The molecule has 0 heterocycles. The molecule has 1 atom stereocenters. The number of hydrogen-bond donors (Lipinski definition) is 1. The minimum atomic E-state index is 0.0319.